The Balaban J connectivity index is 2.58. The van der Waals surface area contributed by atoms with Crippen LogP contribution in [0.25, 0.3) is 0 Å². The summed E-state index contributed by atoms with van der Waals surface area (Å²) < 4.78 is 0. The molecule has 0 amide bonds. The smallest absolute Gasteiger partial charge is 0.0931 e. The van der Waals surface area contributed by atoms with E-state index < -0.39 is 0 Å². The van der Waals surface area contributed by atoms with Crippen molar-refractivity contribution in [3.05, 3.63) is 16.1 Å². The largest absolute Gasteiger partial charge is 0.323 e. The molecule has 1 atom stereocenters. The molecule has 1 rings (SSSR count). The van der Waals surface area contributed by atoms with Gasteiger partial charge in [-0.3, -0.25) is 0 Å². The maximum absolute atomic E-state index is 5.99. The van der Waals surface area contributed by atoms with Crippen molar-refractivity contribution in [3.63, 3.8) is 0 Å². The van der Waals surface area contributed by atoms with E-state index >= 15 is 0 Å². The van der Waals surface area contributed by atoms with Gasteiger partial charge < -0.3 is 5.73 Å². The minimum atomic E-state index is 0.136. The van der Waals surface area contributed by atoms with Crippen LogP contribution in [0.2, 0.25) is 0 Å². The highest BCUT2D eigenvalue weighted by molar-refractivity contribution is 7.09. The summed E-state index contributed by atoms with van der Waals surface area (Å²) in [4.78, 5) is 4.56. The number of nitrogens with zero attached hydrogens (tertiary/aromatic N) is 1. The van der Waals surface area contributed by atoms with E-state index in [1.165, 1.54) is 5.01 Å². The molecule has 1 heterocycles. The van der Waals surface area contributed by atoms with Crippen LogP contribution in [0, 0.1) is 5.92 Å². The lowest BCUT2D eigenvalue weighted by Gasteiger charge is -2.05. The van der Waals surface area contributed by atoms with Gasteiger partial charge in [0.2, 0.25) is 0 Å². The molecule has 3 heteroatoms. The molecule has 0 aliphatic rings. The Morgan fingerprint density at radius 2 is 2.21 bits per heavy atom. The minimum Gasteiger partial charge on any atom is -0.323 e. The van der Waals surface area contributed by atoms with Crippen molar-refractivity contribution in [1.82, 2.24) is 4.98 Å². The molecule has 0 saturated carbocycles. The number of nitrogens with two attached hydrogens (primary N) is 1. The van der Waals surface area contributed by atoms with Gasteiger partial charge in [-0.15, -0.1) is 11.3 Å². The first kappa shape index (κ1) is 11.7. The first-order valence-electron chi connectivity index (χ1n) is 5.33. The summed E-state index contributed by atoms with van der Waals surface area (Å²) in [6, 6.07) is 0.136. The molecule has 2 nitrogen and oxygen atoms in total. The first-order chi connectivity index (χ1) is 6.63. The Kier molecular flexibility index (Phi) is 4.55. The summed E-state index contributed by atoms with van der Waals surface area (Å²) >= 11 is 1.74. The van der Waals surface area contributed by atoms with Gasteiger partial charge in [-0.2, -0.15) is 0 Å². The Morgan fingerprint density at radius 3 is 2.79 bits per heavy atom. The predicted molar refractivity (Wildman–Crippen MR) is 62.5 cm³/mol. The zero-order chi connectivity index (χ0) is 10.6. The van der Waals surface area contributed by atoms with Crippen molar-refractivity contribution in [2.75, 3.05) is 0 Å². The van der Waals surface area contributed by atoms with Crippen LogP contribution in [-0.4, -0.2) is 4.98 Å². The van der Waals surface area contributed by atoms with Crippen molar-refractivity contribution in [1.29, 1.82) is 0 Å². The fourth-order valence-corrected chi connectivity index (χ4v) is 2.47. The molecule has 0 aliphatic heterocycles. The van der Waals surface area contributed by atoms with E-state index in [2.05, 4.69) is 31.1 Å². The highest BCUT2D eigenvalue weighted by Crippen LogP contribution is 2.20. The van der Waals surface area contributed by atoms with Crippen LogP contribution in [0.15, 0.2) is 5.38 Å². The summed E-state index contributed by atoms with van der Waals surface area (Å²) in [5.74, 6) is 0.677. The first-order valence-corrected chi connectivity index (χ1v) is 6.21. The Labute approximate surface area is 90.6 Å². The monoisotopic (exact) mass is 212 g/mol. The molecular formula is C11H20N2S. The van der Waals surface area contributed by atoms with Crippen molar-refractivity contribution in [2.45, 2.75) is 46.1 Å². The third-order valence-electron chi connectivity index (χ3n) is 2.13. The maximum atomic E-state index is 5.99. The molecule has 0 saturated heterocycles. The lowest BCUT2D eigenvalue weighted by atomic mass is 10.1. The van der Waals surface area contributed by atoms with Crippen molar-refractivity contribution in [2.24, 2.45) is 11.7 Å². The number of hydrogen-bond acceptors (Lipinski definition) is 3. The second-order valence-electron chi connectivity index (χ2n) is 4.16. The van der Waals surface area contributed by atoms with E-state index in [1.54, 1.807) is 11.3 Å². The van der Waals surface area contributed by atoms with E-state index in [9.17, 15) is 0 Å². The van der Waals surface area contributed by atoms with Gasteiger partial charge in [0.05, 0.1) is 10.7 Å². The van der Waals surface area contributed by atoms with E-state index in [-0.39, 0.29) is 6.04 Å². The number of rotatable bonds is 5. The van der Waals surface area contributed by atoms with Gasteiger partial charge in [0, 0.05) is 17.8 Å². The zero-order valence-electron chi connectivity index (χ0n) is 9.29. The molecular weight excluding hydrogens is 192 g/mol. The average Bonchev–Trinajstić information content (AvgIpc) is 2.52. The van der Waals surface area contributed by atoms with Crippen LogP contribution in [-0.2, 0) is 6.42 Å². The van der Waals surface area contributed by atoms with E-state index in [4.69, 9.17) is 5.73 Å². The second kappa shape index (κ2) is 5.47. The molecule has 0 spiro atoms. The molecule has 0 bridgehead atoms. The molecule has 0 radical (unpaired) electrons. The van der Waals surface area contributed by atoms with Crippen LogP contribution < -0.4 is 5.73 Å². The maximum Gasteiger partial charge on any atom is 0.0931 e. The fraction of sp³-hybridized carbons (Fsp3) is 0.727. The van der Waals surface area contributed by atoms with E-state index in [0.717, 1.165) is 25.0 Å². The molecule has 2 N–H and O–H groups in total. The van der Waals surface area contributed by atoms with Crippen LogP contribution in [0.5, 0.6) is 0 Å². The lowest BCUT2D eigenvalue weighted by molar-refractivity contribution is 0.611. The molecule has 80 valence electrons. The standard InChI is InChI=1S/C11H20N2S/c1-4-5-9(12)10-7-14-11(13-10)6-8(2)3/h7-9H,4-6,12H2,1-3H3. The van der Waals surface area contributed by atoms with Crippen molar-refractivity contribution in [3.8, 4) is 0 Å². The predicted octanol–water partition coefficient (Wildman–Crippen LogP) is 3.14. The SMILES string of the molecule is CCCC(N)c1csc(CC(C)C)n1. The summed E-state index contributed by atoms with van der Waals surface area (Å²) in [6.45, 7) is 6.58. The Hall–Kier alpha value is -0.410. The molecule has 14 heavy (non-hydrogen) atoms. The molecule has 1 unspecified atom stereocenters. The normalized spacial score (nSPS) is 13.5. The number of aromatic nitrogens is 1. The van der Waals surface area contributed by atoms with Crippen molar-refractivity contribution < 1.29 is 0 Å². The average molecular weight is 212 g/mol. The number of hydrogen-bond donors (Lipinski definition) is 1. The summed E-state index contributed by atoms with van der Waals surface area (Å²) in [7, 11) is 0. The zero-order valence-corrected chi connectivity index (χ0v) is 10.1. The van der Waals surface area contributed by atoms with Crippen LogP contribution in [0.4, 0.5) is 0 Å². The minimum absolute atomic E-state index is 0.136. The molecule has 1 aromatic rings. The van der Waals surface area contributed by atoms with Crippen LogP contribution in [0.1, 0.15) is 50.4 Å². The van der Waals surface area contributed by atoms with Crippen LogP contribution in [0.3, 0.4) is 0 Å². The third kappa shape index (κ3) is 3.39. The molecule has 0 fully saturated rings. The lowest BCUT2D eigenvalue weighted by Crippen LogP contribution is -2.10. The van der Waals surface area contributed by atoms with E-state index in [0.29, 0.717) is 5.92 Å². The van der Waals surface area contributed by atoms with Crippen molar-refractivity contribution >= 4 is 11.3 Å². The van der Waals surface area contributed by atoms with Gasteiger partial charge in [-0.05, 0) is 12.3 Å². The highest BCUT2D eigenvalue weighted by atomic mass is 32.1. The highest BCUT2D eigenvalue weighted by Gasteiger charge is 2.10. The topological polar surface area (TPSA) is 38.9 Å². The van der Waals surface area contributed by atoms with Gasteiger partial charge in [0.15, 0.2) is 0 Å². The third-order valence-corrected chi connectivity index (χ3v) is 3.02. The number of thiazole rings is 1. The van der Waals surface area contributed by atoms with Crippen LogP contribution >= 0.6 is 11.3 Å². The summed E-state index contributed by atoms with van der Waals surface area (Å²) in [5.41, 5.74) is 7.07. The Bertz CT molecular complexity index is 268. The van der Waals surface area contributed by atoms with Gasteiger partial charge in [0.1, 0.15) is 0 Å². The van der Waals surface area contributed by atoms with E-state index in [1.807, 2.05) is 0 Å². The van der Waals surface area contributed by atoms with Gasteiger partial charge in [0.25, 0.3) is 0 Å². The fourth-order valence-electron chi connectivity index (χ4n) is 1.40. The Morgan fingerprint density at radius 1 is 1.50 bits per heavy atom. The molecule has 0 aromatic carbocycles. The van der Waals surface area contributed by atoms with Gasteiger partial charge >= 0.3 is 0 Å². The quantitative estimate of drug-likeness (QED) is 0.814. The summed E-state index contributed by atoms with van der Waals surface area (Å²) in [6.07, 6.45) is 3.23. The van der Waals surface area contributed by atoms with Gasteiger partial charge in [-0.25, -0.2) is 4.98 Å². The molecule has 1 aromatic heterocycles. The second-order valence-corrected chi connectivity index (χ2v) is 5.10. The summed E-state index contributed by atoms with van der Waals surface area (Å²) in [5, 5.41) is 3.33. The van der Waals surface area contributed by atoms with Gasteiger partial charge in [-0.1, -0.05) is 27.2 Å². The molecule has 0 aliphatic carbocycles.